The van der Waals surface area contributed by atoms with Crippen LogP contribution in [-0.2, 0) is 0 Å². The first-order chi connectivity index (χ1) is 3.84. The molecule has 0 amide bonds. The van der Waals surface area contributed by atoms with Gasteiger partial charge in [0, 0.05) is 12.7 Å². The summed E-state index contributed by atoms with van der Waals surface area (Å²) in [6.07, 6.45) is 2.02. The average Bonchev–Trinajstić information content (AvgIpc) is 2.14. The molecule has 1 heterocycles. The maximum absolute atomic E-state index is 5.62. The van der Waals surface area contributed by atoms with Crippen molar-refractivity contribution in [3.63, 3.8) is 0 Å². The summed E-state index contributed by atoms with van der Waals surface area (Å²) in [7, 11) is 0. The summed E-state index contributed by atoms with van der Waals surface area (Å²) in [5.74, 6) is 0. The van der Waals surface area contributed by atoms with Crippen LogP contribution in [0.15, 0.2) is 11.6 Å². The van der Waals surface area contributed by atoms with Crippen molar-refractivity contribution in [3.05, 3.63) is 11.6 Å². The Morgan fingerprint density at radius 1 is 1.88 bits per heavy atom. The fourth-order valence-corrected chi connectivity index (χ4v) is 1.41. The molecule has 2 N–H and O–H groups in total. The number of nitrogens with two attached hydrogens (primary N) is 1. The molecule has 0 radical (unpaired) electrons. The predicted molar refractivity (Wildman–Crippen MR) is 37.1 cm³/mol. The van der Waals surface area contributed by atoms with Gasteiger partial charge in [-0.15, -0.1) is 0 Å². The van der Waals surface area contributed by atoms with E-state index < -0.39 is 0 Å². The average molecular weight is 130 g/mol. The molecule has 0 aliphatic carbocycles. The second-order valence-electron chi connectivity index (χ2n) is 1.64. The van der Waals surface area contributed by atoms with E-state index in [9.17, 15) is 0 Å². The van der Waals surface area contributed by atoms with Gasteiger partial charge in [0.05, 0.1) is 0 Å². The lowest BCUT2D eigenvalue weighted by atomic mass is 10.6. The van der Waals surface area contributed by atoms with E-state index in [1.54, 1.807) is 11.8 Å². The lowest BCUT2D eigenvalue weighted by molar-refractivity contribution is 0.387. The van der Waals surface area contributed by atoms with Crippen molar-refractivity contribution < 1.29 is 0 Å². The molecule has 0 saturated carbocycles. The van der Waals surface area contributed by atoms with E-state index in [4.69, 9.17) is 5.73 Å². The van der Waals surface area contributed by atoms with Crippen molar-refractivity contribution in [1.82, 2.24) is 4.90 Å². The van der Waals surface area contributed by atoms with Gasteiger partial charge in [0.1, 0.15) is 5.50 Å². The van der Waals surface area contributed by atoms with E-state index in [2.05, 4.69) is 11.8 Å². The quantitative estimate of drug-likeness (QED) is 0.568. The maximum Gasteiger partial charge on any atom is 0.129 e. The summed E-state index contributed by atoms with van der Waals surface area (Å²) in [4.78, 5) is 2.09. The van der Waals surface area contributed by atoms with Crippen LogP contribution in [0.3, 0.4) is 0 Å². The molecular formula is C5H10N2S. The van der Waals surface area contributed by atoms with Crippen molar-refractivity contribution in [2.24, 2.45) is 5.73 Å². The molecule has 1 atom stereocenters. The SMILES string of the molecule is CCN1C=CSC1N. The molecule has 0 fully saturated rings. The summed E-state index contributed by atoms with van der Waals surface area (Å²) < 4.78 is 0. The summed E-state index contributed by atoms with van der Waals surface area (Å²) in [5.41, 5.74) is 5.78. The first-order valence-corrected chi connectivity index (χ1v) is 3.62. The van der Waals surface area contributed by atoms with E-state index in [-0.39, 0.29) is 5.50 Å². The van der Waals surface area contributed by atoms with Crippen molar-refractivity contribution in [3.8, 4) is 0 Å². The number of rotatable bonds is 1. The molecule has 3 heteroatoms. The largest absolute Gasteiger partial charge is 0.353 e. The molecule has 1 rings (SSSR count). The van der Waals surface area contributed by atoms with Crippen LogP contribution in [0.2, 0.25) is 0 Å². The highest BCUT2D eigenvalue weighted by molar-refractivity contribution is 8.02. The second-order valence-corrected chi connectivity index (χ2v) is 2.67. The molecule has 0 aromatic heterocycles. The van der Waals surface area contributed by atoms with Gasteiger partial charge in [-0.25, -0.2) is 0 Å². The van der Waals surface area contributed by atoms with Crippen LogP contribution in [0.25, 0.3) is 0 Å². The zero-order valence-corrected chi connectivity index (χ0v) is 5.69. The van der Waals surface area contributed by atoms with Gasteiger partial charge in [0.2, 0.25) is 0 Å². The normalized spacial score (nSPS) is 27.2. The molecule has 1 unspecified atom stereocenters. The fourth-order valence-electron chi connectivity index (χ4n) is 0.642. The van der Waals surface area contributed by atoms with E-state index in [1.165, 1.54) is 0 Å². The van der Waals surface area contributed by atoms with Gasteiger partial charge >= 0.3 is 0 Å². The highest BCUT2D eigenvalue weighted by Gasteiger charge is 2.11. The van der Waals surface area contributed by atoms with Crippen LogP contribution in [0.4, 0.5) is 0 Å². The Kier molecular flexibility index (Phi) is 1.81. The molecule has 1 aliphatic rings. The van der Waals surface area contributed by atoms with Crippen LogP contribution >= 0.6 is 11.8 Å². The van der Waals surface area contributed by atoms with Crippen LogP contribution < -0.4 is 5.73 Å². The third kappa shape index (κ3) is 0.980. The molecule has 0 saturated heterocycles. The Hall–Kier alpha value is -0.150. The summed E-state index contributed by atoms with van der Waals surface area (Å²) >= 11 is 1.65. The maximum atomic E-state index is 5.62. The summed E-state index contributed by atoms with van der Waals surface area (Å²) in [6.45, 7) is 3.10. The first-order valence-electron chi connectivity index (χ1n) is 2.68. The Bertz CT molecular complexity index is 103. The monoisotopic (exact) mass is 130 g/mol. The van der Waals surface area contributed by atoms with Crippen LogP contribution in [0, 0.1) is 0 Å². The molecule has 8 heavy (non-hydrogen) atoms. The number of thioether (sulfide) groups is 1. The summed E-state index contributed by atoms with van der Waals surface area (Å²) in [5, 5.41) is 2.02. The molecule has 0 bridgehead atoms. The third-order valence-electron chi connectivity index (χ3n) is 1.16. The van der Waals surface area contributed by atoms with Crippen LogP contribution in [0.1, 0.15) is 6.92 Å². The number of nitrogens with zero attached hydrogens (tertiary/aromatic N) is 1. The van der Waals surface area contributed by atoms with Crippen LogP contribution in [-0.4, -0.2) is 16.9 Å². The van der Waals surface area contributed by atoms with Gasteiger partial charge in [-0.3, -0.25) is 0 Å². The smallest absolute Gasteiger partial charge is 0.129 e. The number of hydrogen-bond acceptors (Lipinski definition) is 3. The molecule has 0 aromatic rings. The first kappa shape index (κ1) is 5.98. The molecular weight excluding hydrogens is 120 g/mol. The fraction of sp³-hybridized carbons (Fsp3) is 0.600. The van der Waals surface area contributed by atoms with Crippen molar-refractivity contribution in [2.45, 2.75) is 12.4 Å². The third-order valence-corrected chi connectivity index (χ3v) is 1.99. The number of hydrogen-bond donors (Lipinski definition) is 1. The highest BCUT2D eigenvalue weighted by atomic mass is 32.2. The Morgan fingerprint density at radius 3 is 2.88 bits per heavy atom. The van der Waals surface area contributed by atoms with Gasteiger partial charge in [-0.2, -0.15) is 0 Å². The lowest BCUT2D eigenvalue weighted by Crippen LogP contribution is -2.31. The van der Waals surface area contributed by atoms with Gasteiger partial charge in [0.15, 0.2) is 0 Å². The van der Waals surface area contributed by atoms with Gasteiger partial charge in [0.25, 0.3) is 0 Å². The van der Waals surface area contributed by atoms with E-state index in [0.29, 0.717) is 0 Å². The zero-order chi connectivity index (χ0) is 5.98. The molecule has 0 aromatic carbocycles. The van der Waals surface area contributed by atoms with E-state index >= 15 is 0 Å². The predicted octanol–water partition coefficient (Wildman–Crippen LogP) is 0.769. The van der Waals surface area contributed by atoms with Gasteiger partial charge < -0.3 is 10.6 Å². The Balaban J connectivity index is 2.41. The minimum Gasteiger partial charge on any atom is -0.353 e. The Labute approximate surface area is 53.7 Å². The minimum atomic E-state index is 0.167. The molecule has 0 spiro atoms. The van der Waals surface area contributed by atoms with E-state index in [1.807, 2.05) is 11.6 Å². The summed E-state index contributed by atoms with van der Waals surface area (Å²) in [6, 6.07) is 0. The second kappa shape index (κ2) is 2.42. The standard InChI is InChI=1S/C5H10N2S/c1-2-7-3-4-8-5(7)6/h3-5H,2,6H2,1H3. The lowest BCUT2D eigenvalue weighted by Gasteiger charge is -2.17. The van der Waals surface area contributed by atoms with Crippen molar-refractivity contribution in [2.75, 3.05) is 6.54 Å². The van der Waals surface area contributed by atoms with E-state index in [0.717, 1.165) is 6.54 Å². The highest BCUT2D eigenvalue weighted by Crippen LogP contribution is 2.19. The van der Waals surface area contributed by atoms with Gasteiger partial charge in [-0.1, -0.05) is 11.8 Å². The Morgan fingerprint density at radius 2 is 2.62 bits per heavy atom. The van der Waals surface area contributed by atoms with Crippen molar-refractivity contribution >= 4 is 11.8 Å². The van der Waals surface area contributed by atoms with Crippen LogP contribution in [0.5, 0.6) is 0 Å². The molecule has 46 valence electrons. The molecule has 1 aliphatic heterocycles. The van der Waals surface area contributed by atoms with Crippen molar-refractivity contribution in [1.29, 1.82) is 0 Å². The van der Waals surface area contributed by atoms with Gasteiger partial charge in [-0.05, 0) is 12.3 Å². The molecule has 2 nitrogen and oxygen atoms in total. The topological polar surface area (TPSA) is 29.3 Å². The minimum absolute atomic E-state index is 0.167. The zero-order valence-electron chi connectivity index (χ0n) is 4.87.